The maximum atomic E-state index is 12.3. The summed E-state index contributed by atoms with van der Waals surface area (Å²) in [5, 5.41) is 11.1. The first-order valence-electron chi connectivity index (χ1n) is 6.82. The Morgan fingerprint density at radius 1 is 0.783 bits per heavy atom. The average molecular weight is 538 g/mol. The van der Waals surface area contributed by atoms with Crippen LogP contribution in [-0.4, -0.2) is 35.6 Å². The van der Waals surface area contributed by atoms with Crippen LogP contribution in [0.1, 0.15) is 33.3 Å². The van der Waals surface area contributed by atoms with Gasteiger partial charge in [0, 0.05) is 0 Å². The zero-order valence-corrected chi connectivity index (χ0v) is 16.6. The largest absolute Gasteiger partial charge is 0.833 e. The second-order valence-corrected chi connectivity index (χ2v) is 14.6. The SMILES string of the molecule is C[CH](C)[Bi+][CH](C)C.[O-]C(c1ccccc1)(C(F)(F)F)C(F)(F)F. The second kappa shape index (κ2) is 8.66. The first-order valence-corrected chi connectivity index (χ1v) is 10.8. The first kappa shape index (κ1) is 22.6. The van der Waals surface area contributed by atoms with E-state index in [4.69, 9.17) is 0 Å². The van der Waals surface area contributed by atoms with Crippen molar-refractivity contribution < 1.29 is 31.4 Å². The van der Waals surface area contributed by atoms with Crippen LogP contribution in [0.2, 0.25) is 7.25 Å². The van der Waals surface area contributed by atoms with Gasteiger partial charge in [0.2, 0.25) is 0 Å². The van der Waals surface area contributed by atoms with Crippen molar-refractivity contribution in [3.8, 4) is 0 Å². The van der Waals surface area contributed by atoms with Crippen molar-refractivity contribution in [2.75, 3.05) is 0 Å². The van der Waals surface area contributed by atoms with Crippen LogP contribution in [0, 0.1) is 0 Å². The predicted molar refractivity (Wildman–Crippen MR) is 76.2 cm³/mol. The molecule has 0 amide bonds. The Morgan fingerprint density at radius 3 is 1.35 bits per heavy atom. The molecule has 0 bridgehead atoms. The third-order valence-corrected chi connectivity index (χ3v) is 7.21. The minimum Gasteiger partial charge on any atom is -0.833 e. The van der Waals surface area contributed by atoms with Gasteiger partial charge in [-0.15, -0.1) is 0 Å². The number of alkyl halides is 6. The molecular formula is C15H19BiF6O. The molecule has 2 radical (unpaired) electrons. The molecule has 0 fully saturated rings. The summed E-state index contributed by atoms with van der Waals surface area (Å²) in [5.41, 5.74) is -6.45. The van der Waals surface area contributed by atoms with Crippen LogP contribution in [0.4, 0.5) is 26.3 Å². The van der Waals surface area contributed by atoms with Crippen molar-refractivity contribution in [2.45, 2.75) is 52.9 Å². The summed E-state index contributed by atoms with van der Waals surface area (Å²) < 4.78 is 75.6. The molecule has 0 saturated heterocycles. The zero-order valence-electron chi connectivity index (χ0n) is 13.2. The van der Waals surface area contributed by atoms with Gasteiger partial charge in [0.25, 0.3) is 0 Å². The van der Waals surface area contributed by atoms with E-state index in [-0.39, 0.29) is 23.2 Å². The zero-order chi connectivity index (χ0) is 18.5. The van der Waals surface area contributed by atoms with E-state index in [0.717, 1.165) is 19.4 Å². The Labute approximate surface area is 143 Å². The van der Waals surface area contributed by atoms with E-state index in [1.165, 1.54) is 6.07 Å². The molecule has 23 heavy (non-hydrogen) atoms. The van der Waals surface area contributed by atoms with Crippen molar-refractivity contribution in [1.82, 2.24) is 0 Å². The van der Waals surface area contributed by atoms with Crippen molar-refractivity contribution in [3.63, 3.8) is 0 Å². The molecule has 0 heterocycles. The molecule has 1 nitrogen and oxygen atoms in total. The fourth-order valence-electron chi connectivity index (χ4n) is 1.76. The molecule has 0 aliphatic rings. The van der Waals surface area contributed by atoms with Gasteiger partial charge in [-0.25, -0.2) is 0 Å². The summed E-state index contributed by atoms with van der Waals surface area (Å²) in [6.07, 6.45) is -11.9. The number of halogens is 6. The molecule has 1 aromatic carbocycles. The van der Waals surface area contributed by atoms with E-state index in [0.29, 0.717) is 12.1 Å². The minimum atomic E-state index is -5.94. The predicted octanol–water partition coefficient (Wildman–Crippen LogP) is 4.71. The number of hydrogen-bond donors (Lipinski definition) is 0. The minimum absolute atomic E-state index is 0.0432. The van der Waals surface area contributed by atoms with Gasteiger partial charge < -0.3 is 5.11 Å². The monoisotopic (exact) mass is 538 g/mol. The summed E-state index contributed by atoms with van der Waals surface area (Å²) in [7, 11) is 0. The maximum Gasteiger partial charge on any atom is 0.392 e. The van der Waals surface area contributed by atoms with Crippen LogP contribution in [0.3, 0.4) is 0 Å². The van der Waals surface area contributed by atoms with Gasteiger partial charge in [0.1, 0.15) is 5.60 Å². The smallest absolute Gasteiger partial charge is 0.392 e. The second-order valence-electron chi connectivity index (χ2n) is 5.38. The molecule has 132 valence electrons. The van der Waals surface area contributed by atoms with E-state index in [1.807, 2.05) is 0 Å². The molecule has 0 aliphatic carbocycles. The van der Waals surface area contributed by atoms with E-state index in [2.05, 4.69) is 27.7 Å². The third kappa shape index (κ3) is 6.57. The molecule has 0 N–H and O–H groups in total. The summed E-state index contributed by atoms with van der Waals surface area (Å²) >= 11 is -0.0432. The van der Waals surface area contributed by atoms with Crippen LogP contribution < -0.4 is 5.11 Å². The molecule has 0 aromatic heterocycles. The van der Waals surface area contributed by atoms with E-state index in [9.17, 15) is 31.4 Å². The average Bonchev–Trinajstić information content (AvgIpc) is 2.35. The summed E-state index contributed by atoms with van der Waals surface area (Å²) in [6.45, 7) is 9.38. The Bertz CT molecular complexity index is 433. The van der Waals surface area contributed by atoms with Crippen LogP contribution in [0.5, 0.6) is 0 Å². The van der Waals surface area contributed by atoms with Crippen LogP contribution >= 0.6 is 0 Å². The van der Waals surface area contributed by atoms with Gasteiger partial charge in [0.05, 0.1) is 0 Å². The molecule has 0 spiro atoms. The Hall–Kier alpha value is -0.357. The summed E-state index contributed by atoms with van der Waals surface area (Å²) in [4.78, 5) is 0. The van der Waals surface area contributed by atoms with Gasteiger partial charge in [0.15, 0.2) is 0 Å². The molecule has 1 rings (SSSR count). The third-order valence-electron chi connectivity index (χ3n) is 2.58. The molecule has 1 aromatic rings. The molecule has 0 unspecified atom stereocenters. The van der Waals surface area contributed by atoms with Crippen molar-refractivity contribution in [3.05, 3.63) is 35.9 Å². The topological polar surface area (TPSA) is 23.1 Å². The summed E-state index contributed by atoms with van der Waals surface area (Å²) in [6, 6.07) is 4.12. The van der Waals surface area contributed by atoms with Crippen LogP contribution in [0.15, 0.2) is 30.3 Å². The molecule has 0 saturated carbocycles. The number of rotatable bonds is 3. The van der Waals surface area contributed by atoms with Crippen LogP contribution in [-0.2, 0) is 5.60 Å². The number of benzene rings is 1. The van der Waals surface area contributed by atoms with Gasteiger partial charge in [-0.2, -0.15) is 26.3 Å². The van der Waals surface area contributed by atoms with E-state index in [1.54, 1.807) is 0 Å². The van der Waals surface area contributed by atoms with Crippen molar-refractivity contribution >= 4 is 23.2 Å². The summed E-state index contributed by atoms with van der Waals surface area (Å²) in [5.74, 6) is 0. The van der Waals surface area contributed by atoms with E-state index >= 15 is 0 Å². The maximum absolute atomic E-state index is 12.3. The van der Waals surface area contributed by atoms with Gasteiger partial charge in [-0.05, 0) is 5.56 Å². The Morgan fingerprint density at radius 2 is 1.13 bits per heavy atom. The Kier molecular flexibility index (Phi) is 8.52. The van der Waals surface area contributed by atoms with Crippen LogP contribution in [0.25, 0.3) is 0 Å². The van der Waals surface area contributed by atoms with Gasteiger partial charge >= 0.3 is 70.5 Å². The number of hydrogen-bond acceptors (Lipinski definition) is 1. The molecule has 0 aliphatic heterocycles. The van der Waals surface area contributed by atoms with Gasteiger partial charge in [-0.3, -0.25) is 0 Å². The first-order chi connectivity index (χ1) is 10.2. The molecule has 0 atom stereocenters. The fraction of sp³-hybridized carbons (Fsp3) is 0.600. The Balaban J connectivity index is 0.000000585. The fourth-order valence-corrected chi connectivity index (χ4v) is 6.39. The molecular weight excluding hydrogens is 519 g/mol. The van der Waals surface area contributed by atoms with E-state index < -0.39 is 23.5 Å². The quantitative estimate of drug-likeness (QED) is 0.404. The standard InChI is InChI=1S/C9H5F6O.2C3H7.Bi/c10-8(11,12)7(16,9(13,14)15)6-4-2-1-3-5-6;2*1-3-2;/h1-5H;2*3H,1-2H3;/q-1;;;+1. The van der Waals surface area contributed by atoms with Gasteiger partial charge in [-0.1, -0.05) is 30.3 Å². The molecule has 8 heteroatoms. The van der Waals surface area contributed by atoms with Crippen molar-refractivity contribution in [2.24, 2.45) is 0 Å². The van der Waals surface area contributed by atoms with Crippen molar-refractivity contribution in [1.29, 1.82) is 0 Å². The normalized spacial score (nSPS) is 13.1.